The van der Waals surface area contributed by atoms with Gasteiger partial charge in [-0.1, -0.05) is 29.8 Å². The Bertz CT molecular complexity index is 1940. The van der Waals surface area contributed by atoms with Gasteiger partial charge in [0.15, 0.2) is 9.75 Å². The third kappa shape index (κ3) is 4.45. The number of alkyl halides is 2. The van der Waals surface area contributed by atoms with Gasteiger partial charge in [-0.05, 0) is 79.8 Å². The van der Waals surface area contributed by atoms with E-state index in [1.54, 1.807) is 49.4 Å². The second kappa shape index (κ2) is 11.3. The lowest BCUT2D eigenvalue weighted by molar-refractivity contribution is -0.138. The molecule has 3 aromatic carbocycles. The summed E-state index contributed by atoms with van der Waals surface area (Å²) >= 11 is 14.4. The van der Waals surface area contributed by atoms with Crippen molar-refractivity contribution in [1.82, 2.24) is 4.90 Å². The Morgan fingerprint density at radius 2 is 1.48 bits per heavy atom. The number of aromatic hydroxyl groups is 1. The average molecular weight is 687 g/mol. The van der Waals surface area contributed by atoms with Crippen LogP contribution in [-0.2, 0) is 19.2 Å². The summed E-state index contributed by atoms with van der Waals surface area (Å²) in [7, 11) is 5.25. The molecule has 6 atom stereocenters. The minimum atomic E-state index is -1.95. The number of phenolic OH excluding ortho intramolecular Hbond substituents is 1. The number of rotatable bonds is 5. The summed E-state index contributed by atoms with van der Waals surface area (Å²) in [5.74, 6) is -5.44. The number of fused-ring (bicyclic) bond motifs is 4. The summed E-state index contributed by atoms with van der Waals surface area (Å²) in [4.78, 5) is 55.8. The molecule has 12 heteroatoms. The maximum Gasteiger partial charge on any atom is 0.253 e. The van der Waals surface area contributed by atoms with Crippen LogP contribution in [0, 0.1) is 24.7 Å². The Balaban J connectivity index is 1.22. The summed E-state index contributed by atoms with van der Waals surface area (Å²) in [5, 5.41) is 19.8. The van der Waals surface area contributed by atoms with Crippen LogP contribution >= 0.6 is 23.2 Å². The van der Waals surface area contributed by atoms with Crippen molar-refractivity contribution in [3.8, 4) is 5.75 Å². The first kappa shape index (κ1) is 32.0. The number of azo groups is 1. The van der Waals surface area contributed by atoms with E-state index in [2.05, 4.69) is 10.2 Å². The highest BCUT2D eigenvalue weighted by Gasteiger charge is 2.76. The van der Waals surface area contributed by atoms with Gasteiger partial charge in [-0.2, -0.15) is 10.2 Å². The summed E-state index contributed by atoms with van der Waals surface area (Å²) in [6, 6.07) is 19.4. The number of carbonyl (C=O) groups excluding carboxylic acids is 4. The van der Waals surface area contributed by atoms with Gasteiger partial charge in [0.2, 0.25) is 11.8 Å². The number of carbonyl (C=O) groups is 4. The van der Waals surface area contributed by atoms with Gasteiger partial charge in [-0.3, -0.25) is 29.0 Å². The van der Waals surface area contributed by atoms with E-state index in [0.717, 1.165) is 10.6 Å². The zero-order valence-electron chi connectivity index (χ0n) is 26.7. The number of phenols is 1. The molecule has 3 aromatic rings. The fraction of sp³-hybridized carbons (Fsp3) is 0.333. The van der Waals surface area contributed by atoms with Crippen molar-refractivity contribution in [1.29, 1.82) is 0 Å². The second-order valence-corrected chi connectivity index (χ2v) is 14.4. The number of amides is 4. The lowest BCUT2D eigenvalue weighted by atomic mass is 9.56. The van der Waals surface area contributed by atoms with Gasteiger partial charge >= 0.3 is 0 Å². The molecule has 10 nitrogen and oxygen atoms in total. The van der Waals surface area contributed by atoms with Gasteiger partial charge in [0.1, 0.15) is 5.75 Å². The third-order valence-corrected chi connectivity index (χ3v) is 11.8. The molecule has 0 radical (unpaired) electrons. The van der Waals surface area contributed by atoms with Crippen LogP contribution in [0.15, 0.2) is 88.6 Å². The van der Waals surface area contributed by atoms with Crippen molar-refractivity contribution >= 4 is 69.6 Å². The predicted molar refractivity (Wildman–Crippen MR) is 182 cm³/mol. The summed E-state index contributed by atoms with van der Waals surface area (Å²) in [6.07, 6.45) is 1.95. The molecule has 2 saturated heterocycles. The van der Waals surface area contributed by atoms with Gasteiger partial charge in [-0.25, -0.2) is 0 Å². The number of hydrogen-bond acceptors (Lipinski definition) is 8. The van der Waals surface area contributed by atoms with Crippen LogP contribution in [0.25, 0.3) is 0 Å². The Kier molecular flexibility index (Phi) is 7.52. The number of hydrogen-bond donors (Lipinski definition) is 1. The molecular formula is C36H33Cl2N5O5. The van der Waals surface area contributed by atoms with Gasteiger partial charge in [-0.15, -0.1) is 23.2 Å². The maximum absolute atomic E-state index is 14.3. The topological polar surface area (TPSA) is 123 Å². The molecule has 4 amide bonds. The molecule has 1 saturated carbocycles. The molecule has 48 heavy (non-hydrogen) atoms. The van der Waals surface area contributed by atoms with Crippen molar-refractivity contribution in [2.24, 2.45) is 28.0 Å². The lowest BCUT2D eigenvalue weighted by Crippen LogP contribution is -2.60. The predicted octanol–water partition coefficient (Wildman–Crippen LogP) is 6.38. The highest BCUT2D eigenvalue weighted by molar-refractivity contribution is 6.53. The molecule has 246 valence electrons. The van der Waals surface area contributed by atoms with Crippen LogP contribution in [0.4, 0.5) is 22.7 Å². The zero-order chi connectivity index (χ0) is 34.3. The molecule has 2 heterocycles. The Morgan fingerprint density at radius 3 is 2.10 bits per heavy atom. The second-order valence-electron chi connectivity index (χ2n) is 13.1. The van der Waals surface area contributed by atoms with E-state index in [1.165, 1.54) is 11.9 Å². The molecular weight excluding hydrogens is 653 g/mol. The van der Waals surface area contributed by atoms with Gasteiger partial charge in [0, 0.05) is 38.3 Å². The highest BCUT2D eigenvalue weighted by atomic mass is 35.5. The van der Waals surface area contributed by atoms with Crippen LogP contribution in [0.1, 0.15) is 29.9 Å². The number of allylic oxidation sites excluding steroid dienone is 2. The fourth-order valence-corrected chi connectivity index (χ4v) is 8.87. The molecule has 2 aliphatic heterocycles. The number of nitrogens with zero attached hydrogens (tertiary/aromatic N) is 5. The molecule has 1 N–H and O–H groups in total. The zero-order valence-corrected chi connectivity index (χ0v) is 28.2. The lowest BCUT2D eigenvalue weighted by Gasteiger charge is -2.50. The Morgan fingerprint density at radius 1 is 0.854 bits per heavy atom. The number of para-hydroxylation sites is 1. The quantitative estimate of drug-likeness (QED) is 0.144. The van der Waals surface area contributed by atoms with E-state index in [-0.39, 0.29) is 24.5 Å². The van der Waals surface area contributed by atoms with E-state index >= 15 is 0 Å². The summed E-state index contributed by atoms with van der Waals surface area (Å²) in [5.41, 5.74) is 4.16. The molecule has 0 bridgehead atoms. The number of imide groups is 2. The number of anilines is 2. The van der Waals surface area contributed by atoms with E-state index in [9.17, 15) is 24.3 Å². The number of likely N-dealkylation sites (tertiary alicyclic amines) is 1. The van der Waals surface area contributed by atoms with Gasteiger partial charge in [0.25, 0.3) is 11.8 Å². The summed E-state index contributed by atoms with van der Waals surface area (Å²) in [6.45, 7) is 1.72. The SMILES string of the molecule is Cc1cccc([C@H]2C3=CC[C@@H]4C(=O)N(c5ccc(N=Nc6ccc(N(C)C)cc6)cc5)C(=O)[C@@H]4[C@@H]3C[C@@]3(Cl)C(=O)N(C)C(=O)[C@@]23Cl)c1O. The molecule has 7 rings (SSSR count). The van der Waals surface area contributed by atoms with Crippen LogP contribution in [0.5, 0.6) is 5.75 Å². The molecule has 0 spiro atoms. The monoisotopic (exact) mass is 685 g/mol. The van der Waals surface area contributed by atoms with Crippen LogP contribution in [0.2, 0.25) is 0 Å². The number of halogens is 2. The van der Waals surface area contributed by atoms with Crippen LogP contribution in [-0.4, -0.2) is 64.5 Å². The van der Waals surface area contributed by atoms with Crippen LogP contribution in [0.3, 0.4) is 0 Å². The van der Waals surface area contributed by atoms with E-state index < -0.39 is 51.1 Å². The summed E-state index contributed by atoms with van der Waals surface area (Å²) < 4.78 is 0. The van der Waals surface area contributed by atoms with Crippen molar-refractivity contribution in [3.63, 3.8) is 0 Å². The first-order valence-corrected chi connectivity index (χ1v) is 16.4. The van der Waals surface area contributed by atoms with E-state index in [0.29, 0.717) is 33.8 Å². The smallest absolute Gasteiger partial charge is 0.253 e. The molecule has 0 unspecified atom stereocenters. The van der Waals surface area contributed by atoms with Crippen LogP contribution < -0.4 is 9.80 Å². The molecule has 3 fully saturated rings. The minimum Gasteiger partial charge on any atom is -0.507 e. The Hall–Kier alpha value is -4.54. The Labute approximate surface area is 287 Å². The minimum absolute atomic E-state index is 0.0710. The normalized spacial score (nSPS) is 29.7. The molecule has 4 aliphatic rings. The number of benzene rings is 3. The van der Waals surface area contributed by atoms with Gasteiger partial charge < -0.3 is 10.0 Å². The van der Waals surface area contributed by atoms with Crippen molar-refractivity contribution < 1.29 is 24.3 Å². The first-order valence-electron chi connectivity index (χ1n) is 15.7. The highest BCUT2D eigenvalue weighted by Crippen LogP contribution is 2.66. The van der Waals surface area contributed by atoms with Crippen molar-refractivity contribution in [3.05, 3.63) is 89.5 Å². The maximum atomic E-state index is 14.3. The largest absolute Gasteiger partial charge is 0.507 e. The standard InChI is InChI=1S/C36H33Cl2N5O5/c1-19-6-5-7-26(30(19)44)29-24-16-17-25-28(27(24)18-35(37)33(47)42(4)34(48)36(29,35)38)32(46)43(31(25)45)23-14-10-21(11-15-23)40-39-20-8-12-22(13-9-20)41(2)3/h5-16,25,27-29,44H,17-18H2,1-4H3/t25-,27+,28-,29+,35+,36-/m0/s1. The van der Waals surface area contributed by atoms with Crippen molar-refractivity contribution in [2.45, 2.75) is 35.4 Å². The molecule has 2 aliphatic carbocycles. The molecule has 0 aromatic heterocycles. The first-order chi connectivity index (χ1) is 22.8. The van der Waals surface area contributed by atoms with E-state index in [1.807, 2.05) is 49.3 Å². The third-order valence-electron chi connectivity index (χ3n) is 10.3. The number of aryl methyl sites for hydroxylation is 1. The average Bonchev–Trinajstić information content (AvgIpc) is 3.40. The van der Waals surface area contributed by atoms with E-state index in [4.69, 9.17) is 23.2 Å². The fourth-order valence-electron chi connectivity index (χ4n) is 7.86. The van der Waals surface area contributed by atoms with Gasteiger partial charge in [0.05, 0.1) is 28.9 Å². The van der Waals surface area contributed by atoms with Crippen molar-refractivity contribution in [2.75, 3.05) is 30.9 Å².